The van der Waals surface area contributed by atoms with Crippen LogP contribution in [0.2, 0.25) is 16.6 Å². The Hall–Kier alpha value is -0.683. The highest BCUT2D eigenvalue weighted by atomic mass is 28.4. The van der Waals surface area contributed by atoms with Crippen LogP contribution in [0.4, 0.5) is 0 Å². The molecule has 4 heteroatoms. The van der Waals surface area contributed by atoms with Gasteiger partial charge in [0.2, 0.25) is 0 Å². The highest BCUT2D eigenvalue weighted by Crippen LogP contribution is 2.51. The van der Waals surface area contributed by atoms with E-state index in [1.54, 1.807) is 0 Å². The molecule has 166 valence electrons. The maximum Gasteiger partial charge on any atom is 0.200 e. The van der Waals surface area contributed by atoms with Crippen molar-refractivity contribution in [2.45, 2.75) is 97.2 Å². The van der Waals surface area contributed by atoms with Crippen molar-refractivity contribution in [1.82, 2.24) is 0 Å². The highest BCUT2D eigenvalue weighted by molar-refractivity contribution is 6.77. The third kappa shape index (κ3) is 4.37. The van der Waals surface area contributed by atoms with E-state index < -0.39 is 14.4 Å². The van der Waals surface area contributed by atoms with Crippen molar-refractivity contribution in [2.24, 2.45) is 17.8 Å². The molecule has 1 fully saturated rings. The Labute approximate surface area is 180 Å². The summed E-state index contributed by atoms with van der Waals surface area (Å²) in [6, 6.07) is 0. The summed E-state index contributed by atoms with van der Waals surface area (Å²) in [5, 5.41) is 10.8. The fraction of sp³-hybridized carbons (Fsp3) is 0.760. The van der Waals surface area contributed by atoms with Crippen LogP contribution in [0.5, 0.6) is 0 Å². The lowest BCUT2D eigenvalue weighted by Crippen LogP contribution is -2.50. The molecule has 0 aromatic carbocycles. The summed E-state index contributed by atoms with van der Waals surface area (Å²) in [5.74, 6) is 0.407. The molecular weight excluding hydrogens is 376 g/mol. The Balaban J connectivity index is 2.38. The number of fused-ring (bicyclic) bond motifs is 1. The van der Waals surface area contributed by atoms with Crippen molar-refractivity contribution in [3.05, 3.63) is 36.0 Å². The number of ether oxygens (including phenoxy) is 1. The molecule has 1 N–H and O–H groups in total. The minimum atomic E-state index is -1.96. The van der Waals surface area contributed by atoms with E-state index in [4.69, 9.17) is 9.16 Å². The summed E-state index contributed by atoms with van der Waals surface area (Å²) in [6.45, 7) is 29.1. The maximum absolute atomic E-state index is 10.8. The second kappa shape index (κ2) is 9.21. The molecule has 1 heterocycles. The zero-order valence-corrected chi connectivity index (χ0v) is 21.2. The highest BCUT2D eigenvalue weighted by Gasteiger charge is 2.54. The lowest BCUT2D eigenvalue weighted by molar-refractivity contribution is 0.0139. The van der Waals surface area contributed by atoms with Gasteiger partial charge < -0.3 is 14.3 Å². The topological polar surface area (TPSA) is 38.7 Å². The van der Waals surface area contributed by atoms with Crippen LogP contribution >= 0.6 is 0 Å². The molecule has 6 atom stereocenters. The van der Waals surface area contributed by atoms with Gasteiger partial charge in [0.1, 0.15) is 0 Å². The van der Waals surface area contributed by atoms with Gasteiger partial charge in [0.25, 0.3) is 0 Å². The monoisotopic (exact) mass is 420 g/mol. The number of hydrogen-bond acceptors (Lipinski definition) is 3. The summed E-state index contributed by atoms with van der Waals surface area (Å²) < 4.78 is 13.5. The summed E-state index contributed by atoms with van der Waals surface area (Å²) in [7, 11) is -1.96. The smallest absolute Gasteiger partial charge is 0.200 e. The first-order chi connectivity index (χ1) is 13.4. The summed E-state index contributed by atoms with van der Waals surface area (Å²) in [5.41, 5.74) is 4.89. The van der Waals surface area contributed by atoms with E-state index in [1.807, 2.05) is 19.9 Å². The number of aliphatic hydroxyl groups is 1. The summed E-state index contributed by atoms with van der Waals surface area (Å²) >= 11 is 0. The summed E-state index contributed by atoms with van der Waals surface area (Å²) in [6.07, 6.45) is 1.43. The maximum atomic E-state index is 10.8. The van der Waals surface area contributed by atoms with Gasteiger partial charge in [-0.1, -0.05) is 77.5 Å². The van der Waals surface area contributed by atoms with Gasteiger partial charge in [-0.15, -0.1) is 0 Å². The molecule has 0 radical (unpaired) electrons. The molecule has 1 saturated heterocycles. The lowest BCUT2D eigenvalue weighted by Gasteiger charge is -2.43. The fourth-order valence-electron chi connectivity index (χ4n) is 6.45. The van der Waals surface area contributed by atoms with E-state index in [1.165, 1.54) is 5.57 Å². The Kier molecular flexibility index (Phi) is 7.81. The Morgan fingerprint density at radius 3 is 2.00 bits per heavy atom. The standard InChI is InChI=1S/C25H44O3Si/c1-14(2)22-20(26)12-19(11)23-21(28-25(15(3)4)24(22)23)13-27-29(16(5)6,17(7)8)18(9)10/h12,16-18,20-26H,1,3,13H2,2,4-11H3/t20-,21+,22-,23+,24+,25-/m0/s1. The molecule has 0 aromatic rings. The third-order valence-corrected chi connectivity index (χ3v) is 13.6. The summed E-state index contributed by atoms with van der Waals surface area (Å²) in [4.78, 5) is 0. The first-order valence-corrected chi connectivity index (χ1v) is 13.5. The molecule has 0 amide bonds. The van der Waals surface area contributed by atoms with Crippen molar-refractivity contribution in [1.29, 1.82) is 0 Å². The van der Waals surface area contributed by atoms with Gasteiger partial charge in [-0.3, -0.25) is 0 Å². The molecule has 0 saturated carbocycles. The number of hydrogen-bond donors (Lipinski definition) is 1. The molecule has 0 unspecified atom stereocenters. The predicted molar refractivity (Wildman–Crippen MR) is 126 cm³/mol. The zero-order chi connectivity index (χ0) is 22.3. The molecule has 1 aliphatic heterocycles. The normalized spacial score (nSPS) is 32.7. The Morgan fingerprint density at radius 2 is 1.59 bits per heavy atom. The van der Waals surface area contributed by atoms with Crippen molar-refractivity contribution in [3.8, 4) is 0 Å². The number of aliphatic hydroxyl groups excluding tert-OH is 1. The van der Waals surface area contributed by atoms with Crippen LogP contribution in [0, 0.1) is 17.8 Å². The Bertz CT molecular complexity index is 627. The van der Waals surface area contributed by atoms with Gasteiger partial charge >= 0.3 is 0 Å². The fourth-order valence-corrected chi connectivity index (χ4v) is 11.9. The molecular formula is C25H44O3Si. The molecule has 1 aliphatic carbocycles. The van der Waals surface area contributed by atoms with Gasteiger partial charge in [0, 0.05) is 17.8 Å². The average Bonchev–Trinajstić information content (AvgIpc) is 2.94. The largest absolute Gasteiger partial charge is 0.413 e. The molecule has 0 aromatic heterocycles. The van der Waals surface area contributed by atoms with Gasteiger partial charge in [0.05, 0.1) is 24.9 Å². The van der Waals surface area contributed by atoms with Gasteiger partial charge in [0.15, 0.2) is 8.32 Å². The predicted octanol–water partition coefficient (Wildman–Crippen LogP) is 6.27. The SMILES string of the molecule is C=C(C)[C@@H]1[C@@H]2[C@H](C(C)=C[C@@H]1O)[C@@H](CO[Si](C(C)C)(C(C)C)C(C)C)O[C@H]2C(=C)C. The third-order valence-electron chi connectivity index (χ3n) is 7.49. The molecule has 0 bridgehead atoms. The van der Waals surface area contributed by atoms with Gasteiger partial charge in [-0.25, -0.2) is 0 Å². The van der Waals surface area contributed by atoms with Crippen LogP contribution in [0.25, 0.3) is 0 Å². The molecule has 0 spiro atoms. The van der Waals surface area contributed by atoms with Gasteiger partial charge in [-0.05, 0) is 37.4 Å². The van der Waals surface area contributed by atoms with Crippen LogP contribution in [0.3, 0.4) is 0 Å². The minimum Gasteiger partial charge on any atom is -0.413 e. The van der Waals surface area contributed by atoms with E-state index in [-0.39, 0.29) is 30.0 Å². The van der Waals surface area contributed by atoms with Crippen LogP contribution in [-0.4, -0.2) is 38.3 Å². The van der Waals surface area contributed by atoms with E-state index in [0.29, 0.717) is 23.2 Å². The second-order valence-corrected chi connectivity index (χ2v) is 15.9. The van der Waals surface area contributed by atoms with Crippen molar-refractivity contribution < 1.29 is 14.3 Å². The van der Waals surface area contributed by atoms with E-state index in [0.717, 1.165) is 11.1 Å². The average molecular weight is 421 g/mol. The lowest BCUT2D eigenvalue weighted by atomic mass is 9.65. The zero-order valence-electron chi connectivity index (χ0n) is 20.2. The van der Waals surface area contributed by atoms with E-state index >= 15 is 0 Å². The van der Waals surface area contributed by atoms with Crippen LogP contribution in [0.15, 0.2) is 36.0 Å². The molecule has 2 rings (SSSR count). The minimum absolute atomic E-state index is 0.00213. The molecule has 29 heavy (non-hydrogen) atoms. The van der Waals surface area contributed by atoms with E-state index in [9.17, 15) is 5.11 Å². The first-order valence-electron chi connectivity index (χ1n) is 11.3. The van der Waals surface area contributed by atoms with Crippen LogP contribution in [0.1, 0.15) is 62.3 Å². The van der Waals surface area contributed by atoms with Crippen LogP contribution < -0.4 is 0 Å². The number of rotatable bonds is 8. The molecule has 2 aliphatic rings. The van der Waals surface area contributed by atoms with Gasteiger partial charge in [-0.2, -0.15) is 0 Å². The van der Waals surface area contributed by atoms with Crippen LogP contribution in [-0.2, 0) is 9.16 Å². The van der Waals surface area contributed by atoms with Crippen molar-refractivity contribution >= 4 is 8.32 Å². The first kappa shape index (κ1) is 24.6. The van der Waals surface area contributed by atoms with E-state index in [2.05, 4.69) is 61.6 Å². The van der Waals surface area contributed by atoms with Crippen molar-refractivity contribution in [3.63, 3.8) is 0 Å². The van der Waals surface area contributed by atoms with Crippen molar-refractivity contribution in [2.75, 3.05) is 6.61 Å². The Morgan fingerprint density at radius 1 is 1.07 bits per heavy atom. The molecule has 3 nitrogen and oxygen atoms in total. The second-order valence-electron chi connectivity index (χ2n) is 10.4. The quantitative estimate of drug-likeness (QED) is 0.371.